The van der Waals surface area contributed by atoms with Gasteiger partial charge in [-0.05, 0) is 42.8 Å². The number of anilines is 1. The Bertz CT molecular complexity index is 857. The van der Waals surface area contributed by atoms with Gasteiger partial charge < -0.3 is 14.4 Å². The molecule has 1 aliphatic rings. The van der Waals surface area contributed by atoms with Gasteiger partial charge in [-0.2, -0.15) is 0 Å². The first-order valence-electron chi connectivity index (χ1n) is 8.47. The van der Waals surface area contributed by atoms with Gasteiger partial charge in [-0.15, -0.1) is 0 Å². The quantitative estimate of drug-likeness (QED) is 0.588. The van der Waals surface area contributed by atoms with E-state index >= 15 is 0 Å². The monoisotopic (exact) mass is 351 g/mol. The van der Waals surface area contributed by atoms with Gasteiger partial charge in [0.05, 0.1) is 14.2 Å². The Kier molecular flexibility index (Phi) is 5.37. The zero-order valence-corrected chi connectivity index (χ0v) is 14.9. The van der Waals surface area contributed by atoms with E-state index in [1.54, 1.807) is 49.5 Å². The van der Waals surface area contributed by atoms with Crippen molar-refractivity contribution >= 4 is 23.5 Å². The van der Waals surface area contributed by atoms with Crippen LogP contribution in [0.4, 0.5) is 5.69 Å². The van der Waals surface area contributed by atoms with Gasteiger partial charge in [-0.25, -0.2) is 0 Å². The number of methoxy groups -OCH3 is 2. The van der Waals surface area contributed by atoms with Crippen molar-refractivity contribution < 1.29 is 19.1 Å². The highest BCUT2D eigenvalue weighted by molar-refractivity contribution is 6.08. The lowest BCUT2D eigenvalue weighted by Crippen LogP contribution is -2.23. The van der Waals surface area contributed by atoms with Gasteiger partial charge in [0.2, 0.25) is 5.91 Å². The molecular weight excluding hydrogens is 330 g/mol. The number of rotatable bonds is 6. The second-order valence-corrected chi connectivity index (χ2v) is 6.00. The van der Waals surface area contributed by atoms with Gasteiger partial charge in [-0.1, -0.05) is 12.1 Å². The Labute approximate surface area is 152 Å². The third-order valence-corrected chi connectivity index (χ3v) is 4.37. The number of ether oxygens (including phenoxy) is 2. The fourth-order valence-corrected chi connectivity index (χ4v) is 2.97. The first-order chi connectivity index (χ1) is 12.6. The molecule has 0 unspecified atom stereocenters. The lowest BCUT2D eigenvalue weighted by atomic mass is 10.1. The topological polar surface area (TPSA) is 55.8 Å². The lowest BCUT2D eigenvalue weighted by Gasteiger charge is -2.16. The van der Waals surface area contributed by atoms with Gasteiger partial charge in [0.1, 0.15) is 11.5 Å². The summed E-state index contributed by atoms with van der Waals surface area (Å²) in [6.45, 7) is 0.704. The van der Waals surface area contributed by atoms with E-state index in [4.69, 9.17) is 9.47 Å². The molecule has 0 aromatic heterocycles. The maximum atomic E-state index is 12.5. The second kappa shape index (κ2) is 7.87. The fourth-order valence-electron chi connectivity index (χ4n) is 2.97. The van der Waals surface area contributed by atoms with Crippen LogP contribution >= 0.6 is 0 Å². The number of carbonyl (C=O) groups excluding carboxylic acids is 2. The molecule has 0 bridgehead atoms. The smallest absolute Gasteiger partial charge is 0.227 e. The van der Waals surface area contributed by atoms with Crippen molar-refractivity contribution in [2.45, 2.75) is 12.8 Å². The summed E-state index contributed by atoms with van der Waals surface area (Å²) in [6.07, 6.45) is 4.65. The van der Waals surface area contributed by atoms with Crippen LogP contribution in [-0.2, 0) is 4.79 Å². The molecule has 134 valence electrons. The molecule has 5 heteroatoms. The molecule has 0 N–H and O–H groups in total. The van der Waals surface area contributed by atoms with E-state index in [0.29, 0.717) is 30.0 Å². The fraction of sp³-hybridized carbons (Fsp3) is 0.238. The summed E-state index contributed by atoms with van der Waals surface area (Å²) in [5.41, 5.74) is 2.10. The summed E-state index contributed by atoms with van der Waals surface area (Å²) >= 11 is 0. The molecule has 1 heterocycles. The van der Waals surface area contributed by atoms with Crippen molar-refractivity contribution in [3.05, 3.63) is 59.7 Å². The molecule has 5 nitrogen and oxygen atoms in total. The summed E-state index contributed by atoms with van der Waals surface area (Å²) in [5, 5.41) is 0. The van der Waals surface area contributed by atoms with Crippen molar-refractivity contribution in [2.75, 3.05) is 25.7 Å². The summed E-state index contributed by atoms with van der Waals surface area (Å²) in [7, 11) is 3.16. The van der Waals surface area contributed by atoms with Crippen molar-refractivity contribution in [1.82, 2.24) is 0 Å². The van der Waals surface area contributed by atoms with Gasteiger partial charge in [0, 0.05) is 35.8 Å². The zero-order chi connectivity index (χ0) is 18.5. The number of benzene rings is 2. The second-order valence-electron chi connectivity index (χ2n) is 6.00. The van der Waals surface area contributed by atoms with Crippen LogP contribution in [0.15, 0.2) is 48.5 Å². The Balaban J connectivity index is 1.80. The van der Waals surface area contributed by atoms with Gasteiger partial charge in [0.25, 0.3) is 0 Å². The van der Waals surface area contributed by atoms with Crippen LogP contribution < -0.4 is 14.4 Å². The molecule has 1 amide bonds. The number of carbonyl (C=O) groups is 2. The van der Waals surface area contributed by atoms with Crippen molar-refractivity contribution in [3.63, 3.8) is 0 Å². The van der Waals surface area contributed by atoms with E-state index in [1.165, 1.54) is 6.08 Å². The lowest BCUT2D eigenvalue weighted by molar-refractivity contribution is -0.117. The Hall–Kier alpha value is -3.08. The Morgan fingerprint density at radius 2 is 1.96 bits per heavy atom. The molecule has 0 saturated carbocycles. The summed E-state index contributed by atoms with van der Waals surface area (Å²) in [5.74, 6) is 1.29. The minimum atomic E-state index is -0.128. The maximum Gasteiger partial charge on any atom is 0.227 e. The molecule has 26 heavy (non-hydrogen) atoms. The normalized spacial score (nSPS) is 14.1. The molecule has 0 atom stereocenters. The number of hydrogen-bond donors (Lipinski definition) is 0. The van der Waals surface area contributed by atoms with E-state index in [9.17, 15) is 9.59 Å². The van der Waals surface area contributed by atoms with E-state index in [2.05, 4.69) is 0 Å². The van der Waals surface area contributed by atoms with Gasteiger partial charge in [0.15, 0.2) is 5.78 Å². The minimum Gasteiger partial charge on any atom is -0.497 e. The first-order valence-corrected chi connectivity index (χ1v) is 8.47. The van der Waals surface area contributed by atoms with Crippen molar-refractivity contribution in [1.29, 1.82) is 0 Å². The summed E-state index contributed by atoms with van der Waals surface area (Å²) in [6, 6.07) is 12.6. The number of nitrogens with zero attached hydrogens (tertiary/aromatic N) is 1. The third-order valence-electron chi connectivity index (χ3n) is 4.37. The first kappa shape index (κ1) is 17.7. The van der Waals surface area contributed by atoms with Crippen LogP contribution in [0.2, 0.25) is 0 Å². The zero-order valence-electron chi connectivity index (χ0n) is 14.9. The highest BCUT2D eigenvalue weighted by Crippen LogP contribution is 2.26. The molecule has 1 aliphatic heterocycles. The van der Waals surface area contributed by atoms with Gasteiger partial charge in [-0.3, -0.25) is 9.59 Å². The van der Waals surface area contributed by atoms with E-state index in [-0.39, 0.29) is 11.7 Å². The van der Waals surface area contributed by atoms with E-state index < -0.39 is 0 Å². The number of hydrogen-bond acceptors (Lipinski definition) is 4. The molecule has 2 aromatic rings. The van der Waals surface area contributed by atoms with Crippen LogP contribution in [0.1, 0.15) is 28.8 Å². The summed E-state index contributed by atoms with van der Waals surface area (Å²) < 4.78 is 10.5. The average molecular weight is 351 g/mol. The van der Waals surface area contributed by atoms with Crippen LogP contribution in [0, 0.1) is 0 Å². The Morgan fingerprint density at radius 1 is 1.12 bits per heavy atom. The third kappa shape index (κ3) is 3.77. The van der Waals surface area contributed by atoms with Gasteiger partial charge >= 0.3 is 0 Å². The molecule has 3 rings (SSSR count). The molecule has 2 aromatic carbocycles. The van der Waals surface area contributed by atoms with E-state index in [1.807, 2.05) is 18.2 Å². The molecule has 0 spiro atoms. The van der Waals surface area contributed by atoms with Crippen molar-refractivity contribution in [2.24, 2.45) is 0 Å². The number of amides is 1. The number of allylic oxidation sites excluding steroid dienone is 1. The van der Waals surface area contributed by atoms with Crippen LogP contribution in [0.3, 0.4) is 0 Å². The summed E-state index contributed by atoms with van der Waals surface area (Å²) in [4.78, 5) is 26.2. The van der Waals surface area contributed by atoms with Crippen LogP contribution in [0.5, 0.6) is 11.5 Å². The SMILES string of the molecule is COc1ccc(/C=C/C(=O)c2cccc(N3CCCC3=O)c2)c(OC)c1. The van der Waals surface area contributed by atoms with Crippen molar-refractivity contribution in [3.8, 4) is 11.5 Å². The Morgan fingerprint density at radius 3 is 2.65 bits per heavy atom. The van der Waals surface area contributed by atoms with E-state index in [0.717, 1.165) is 17.7 Å². The molecular formula is C21H21NO4. The van der Waals surface area contributed by atoms with Crippen LogP contribution in [0.25, 0.3) is 6.08 Å². The standard InChI is InChI=1S/C21H21NO4/c1-25-18-10-8-15(20(14-18)26-2)9-11-19(23)16-5-3-6-17(13-16)22-12-4-7-21(22)24/h3,5-6,8-11,13-14H,4,7,12H2,1-2H3/b11-9+. The minimum absolute atomic E-state index is 0.105. The predicted molar refractivity (Wildman–Crippen MR) is 101 cm³/mol. The molecule has 1 fully saturated rings. The highest BCUT2D eigenvalue weighted by atomic mass is 16.5. The largest absolute Gasteiger partial charge is 0.497 e. The maximum absolute atomic E-state index is 12.5. The highest BCUT2D eigenvalue weighted by Gasteiger charge is 2.22. The predicted octanol–water partition coefficient (Wildman–Crippen LogP) is 3.73. The molecule has 1 saturated heterocycles. The average Bonchev–Trinajstić information content (AvgIpc) is 3.12. The molecule has 0 aliphatic carbocycles. The molecule has 0 radical (unpaired) electrons. The van der Waals surface area contributed by atoms with Crippen LogP contribution in [-0.4, -0.2) is 32.5 Å². The number of ketones is 1.